The number of methoxy groups -OCH3 is 1. The maximum atomic E-state index is 11.6. The number of ether oxygens (including phenoxy) is 1. The van der Waals surface area contributed by atoms with Gasteiger partial charge in [0.05, 0.1) is 11.5 Å². The van der Waals surface area contributed by atoms with Crippen LogP contribution in [0.1, 0.15) is 13.3 Å². The van der Waals surface area contributed by atoms with Crippen LogP contribution in [-0.4, -0.2) is 54.4 Å². The third kappa shape index (κ3) is 8.69. The van der Waals surface area contributed by atoms with E-state index in [9.17, 15) is 4.79 Å². The van der Waals surface area contributed by atoms with Gasteiger partial charge in [-0.3, -0.25) is 9.78 Å². The van der Waals surface area contributed by atoms with Crippen molar-refractivity contribution in [2.24, 2.45) is 0 Å². The topological polar surface area (TPSA) is 195 Å². The number of fused-ring (bicyclic) bond motifs is 1. The third-order valence-electron chi connectivity index (χ3n) is 3.26. The summed E-state index contributed by atoms with van der Waals surface area (Å²) in [7, 11) is -4.52. The Kier molecular flexibility index (Phi) is 11.4. The first-order chi connectivity index (χ1) is 13.2. The lowest BCUT2D eigenvalue weighted by Gasteiger charge is -2.11. The van der Waals surface area contributed by atoms with E-state index in [4.69, 9.17) is 30.0 Å². The molecule has 0 fully saturated rings. The molecule has 0 amide bonds. The Morgan fingerprint density at radius 1 is 1.25 bits per heavy atom. The zero-order valence-corrected chi connectivity index (χ0v) is 18.0. The van der Waals surface area contributed by atoms with E-state index in [-0.39, 0.29) is 17.6 Å². The minimum Gasteiger partial charge on any atom is -0.382 e. The van der Waals surface area contributed by atoms with E-state index in [1.165, 1.54) is 0 Å². The molecule has 2 aromatic rings. The second-order valence-electron chi connectivity index (χ2n) is 5.11. The van der Waals surface area contributed by atoms with Crippen LogP contribution < -0.4 is 11.3 Å². The maximum Gasteiger partial charge on any atom is 0.344 e. The largest absolute Gasteiger partial charge is 0.382 e. The third-order valence-corrected chi connectivity index (χ3v) is 5.84. The number of anilines is 1. The molecule has 16 heteroatoms. The molecule has 0 aliphatic carbocycles. The molecule has 0 aliphatic heterocycles. The van der Waals surface area contributed by atoms with Crippen molar-refractivity contribution in [2.75, 3.05) is 20.0 Å². The van der Waals surface area contributed by atoms with Gasteiger partial charge in [0, 0.05) is 27.0 Å². The fourth-order valence-corrected chi connectivity index (χ4v) is 3.51. The molecule has 0 saturated carbocycles. The number of nitrogens with zero attached hydrogens (tertiary/aromatic N) is 2. The van der Waals surface area contributed by atoms with Crippen LogP contribution in [0.3, 0.4) is 0 Å². The first-order valence-electron chi connectivity index (χ1n) is 7.61. The van der Waals surface area contributed by atoms with Gasteiger partial charge in [0.25, 0.3) is 5.56 Å². The average Bonchev–Trinajstić information content (AvgIpc) is 3.02. The summed E-state index contributed by atoms with van der Waals surface area (Å²) in [5.41, 5.74) is 5.95. The van der Waals surface area contributed by atoms with Crippen molar-refractivity contribution in [3.05, 3.63) is 22.6 Å². The Balaban J connectivity index is 0.000000311. The molecule has 3 unspecified atom stereocenters. The lowest BCUT2D eigenvalue weighted by atomic mass is 10.3. The lowest BCUT2D eigenvalue weighted by Crippen LogP contribution is -2.13. The summed E-state index contributed by atoms with van der Waals surface area (Å²) in [6.07, 6.45) is 2.87. The van der Waals surface area contributed by atoms with Crippen molar-refractivity contribution in [2.45, 2.75) is 26.0 Å². The second kappa shape index (κ2) is 12.7. The second-order valence-corrected chi connectivity index (χ2v) is 8.24. The van der Waals surface area contributed by atoms with Crippen LogP contribution in [0.5, 0.6) is 0 Å². The Hall–Kier alpha value is -0.810. The fraction of sp³-hybridized carbons (Fsp3) is 0.500. The summed E-state index contributed by atoms with van der Waals surface area (Å²) >= 11 is 0. The summed E-state index contributed by atoms with van der Waals surface area (Å²) in [6, 6.07) is 1.75. The van der Waals surface area contributed by atoms with E-state index in [0.29, 0.717) is 11.0 Å². The molecule has 0 aromatic carbocycles. The lowest BCUT2D eigenvalue weighted by molar-refractivity contribution is 0.107. The normalized spacial score (nSPS) is 14.6. The van der Waals surface area contributed by atoms with Crippen molar-refractivity contribution in [3.63, 3.8) is 0 Å². The number of hydrogen-bond acceptors (Lipinski definition) is 11. The van der Waals surface area contributed by atoms with Gasteiger partial charge < -0.3 is 39.1 Å². The predicted octanol–water partition coefficient (Wildman–Crippen LogP) is 1.05. The van der Waals surface area contributed by atoms with E-state index in [2.05, 4.69) is 23.1 Å². The highest BCUT2D eigenvalue weighted by Crippen LogP contribution is 2.54. The van der Waals surface area contributed by atoms with E-state index < -0.39 is 25.8 Å². The number of aryl methyl sites for hydroxylation is 1. The van der Waals surface area contributed by atoms with Gasteiger partial charge in [0.1, 0.15) is 5.65 Å². The first kappa shape index (κ1) is 25.2. The van der Waals surface area contributed by atoms with E-state index in [1.807, 2.05) is 17.7 Å². The van der Waals surface area contributed by atoms with Gasteiger partial charge in [-0.1, -0.05) is 0 Å². The van der Waals surface area contributed by atoms with Crippen LogP contribution in [-0.2, 0) is 24.4 Å². The monoisotopic (exact) mass is 460 g/mol. The molecule has 160 valence electrons. The van der Waals surface area contributed by atoms with Crippen LogP contribution in [0, 0.1) is 0 Å². The number of aromatic nitrogens is 3. The van der Waals surface area contributed by atoms with Crippen molar-refractivity contribution < 1.29 is 37.5 Å². The molecule has 0 radical (unpaired) electrons. The minimum absolute atomic E-state index is 0.141. The van der Waals surface area contributed by atoms with Gasteiger partial charge >= 0.3 is 25.8 Å². The van der Waals surface area contributed by atoms with E-state index in [0.717, 1.165) is 20.1 Å². The van der Waals surface area contributed by atoms with Gasteiger partial charge in [-0.05, 0) is 19.4 Å². The number of nitrogens with two attached hydrogens (primary N) is 1. The van der Waals surface area contributed by atoms with E-state index in [1.54, 1.807) is 13.2 Å². The molecule has 2 heterocycles. The Morgan fingerprint density at radius 2 is 1.93 bits per heavy atom. The first-order valence-corrected chi connectivity index (χ1v) is 11.0. The quantitative estimate of drug-likeness (QED) is 0.293. The highest BCUT2D eigenvalue weighted by atomic mass is 31.3. The van der Waals surface area contributed by atoms with Gasteiger partial charge in [0.15, 0.2) is 0 Å². The SMILES string of the molecule is COC(C)CCn1ccc2c(=O)[nH]c(N)nc21.COP(O)OP(O)OP(O)O. The molecule has 0 saturated heterocycles. The number of H-pyrrole nitrogens is 1. The van der Waals surface area contributed by atoms with Crippen LogP contribution in [0.4, 0.5) is 5.95 Å². The number of nitrogen functional groups attached to an aromatic ring is 1. The molecule has 7 N–H and O–H groups in total. The summed E-state index contributed by atoms with van der Waals surface area (Å²) in [4.78, 5) is 51.7. The molecule has 13 nitrogen and oxygen atoms in total. The molecule has 28 heavy (non-hydrogen) atoms. The van der Waals surface area contributed by atoms with Gasteiger partial charge in [-0.15, -0.1) is 0 Å². The predicted molar refractivity (Wildman–Crippen MR) is 105 cm³/mol. The fourth-order valence-electron chi connectivity index (χ4n) is 1.88. The van der Waals surface area contributed by atoms with Crippen molar-refractivity contribution >= 4 is 42.8 Å². The molecule has 2 aromatic heterocycles. The van der Waals surface area contributed by atoms with Gasteiger partial charge in [-0.25, -0.2) is 8.62 Å². The summed E-state index contributed by atoms with van der Waals surface area (Å²) in [5.74, 6) is 0.141. The van der Waals surface area contributed by atoms with Crippen molar-refractivity contribution in [1.82, 2.24) is 14.5 Å². The summed E-state index contributed by atoms with van der Waals surface area (Å²) in [6.45, 7) is 2.74. The standard InChI is InChI=1S/C11H16N4O2.CH7O7P3/c1-7(17-2)3-5-15-6-4-8-9(15)13-11(12)14-10(8)16;1-6-10(4)8-11(5)7-9(2)3/h4,6-7H,3,5H2,1-2H3,(H3,12,13,14,16);2-5H,1H3. The van der Waals surface area contributed by atoms with Crippen LogP contribution in [0.15, 0.2) is 17.1 Å². The minimum atomic E-state index is -2.68. The molecular formula is C12H23N4O9P3. The number of nitrogens with one attached hydrogen (secondary N) is 1. The highest BCUT2D eigenvalue weighted by molar-refractivity contribution is 7.60. The van der Waals surface area contributed by atoms with Crippen LogP contribution >= 0.6 is 25.8 Å². The Bertz CT molecular complexity index is 774. The molecule has 0 bridgehead atoms. The van der Waals surface area contributed by atoms with Gasteiger partial charge in [-0.2, -0.15) is 4.98 Å². The van der Waals surface area contributed by atoms with E-state index >= 15 is 0 Å². The number of aromatic amines is 1. The zero-order chi connectivity index (χ0) is 21.3. The molecular weight excluding hydrogens is 437 g/mol. The molecule has 2 rings (SSSR count). The van der Waals surface area contributed by atoms with Crippen LogP contribution in [0.25, 0.3) is 11.0 Å². The van der Waals surface area contributed by atoms with Gasteiger partial charge in [0.2, 0.25) is 5.95 Å². The summed E-state index contributed by atoms with van der Waals surface area (Å²) < 4.78 is 19.5. The smallest absolute Gasteiger partial charge is 0.344 e. The summed E-state index contributed by atoms with van der Waals surface area (Å²) in [5, 5.41) is 0.560. The van der Waals surface area contributed by atoms with Crippen molar-refractivity contribution in [1.29, 1.82) is 0 Å². The Morgan fingerprint density at radius 3 is 2.50 bits per heavy atom. The molecule has 0 aliphatic rings. The number of hydrogen-bond donors (Lipinski definition) is 6. The Labute approximate surface area is 164 Å². The highest BCUT2D eigenvalue weighted by Gasteiger charge is 2.18. The molecule has 0 spiro atoms. The zero-order valence-electron chi connectivity index (χ0n) is 15.3. The van der Waals surface area contributed by atoms with Crippen molar-refractivity contribution in [3.8, 4) is 0 Å². The maximum absolute atomic E-state index is 11.6. The number of rotatable bonds is 9. The van der Waals surface area contributed by atoms with Crippen LogP contribution in [0.2, 0.25) is 0 Å². The molecule has 3 atom stereocenters. The average molecular weight is 460 g/mol.